The summed E-state index contributed by atoms with van der Waals surface area (Å²) in [6, 6.07) is -0.588. The van der Waals surface area contributed by atoms with Gasteiger partial charge in [0.1, 0.15) is 5.69 Å². The molecule has 112 valence electrons. The number of nitrogens with two attached hydrogens (primary N) is 1. The lowest BCUT2D eigenvalue weighted by atomic mass is 9.87. The van der Waals surface area contributed by atoms with Crippen molar-refractivity contribution in [2.24, 2.45) is 11.7 Å². The van der Waals surface area contributed by atoms with Crippen molar-refractivity contribution in [2.75, 3.05) is 11.4 Å². The Morgan fingerprint density at radius 2 is 1.35 bits per heavy atom. The summed E-state index contributed by atoms with van der Waals surface area (Å²) in [5.41, 5.74) is 4.98. The lowest BCUT2D eigenvalue weighted by Crippen LogP contribution is -2.52. The van der Waals surface area contributed by atoms with Gasteiger partial charge >= 0.3 is 0 Å². The van der Waals surface area contributed by atoms with Crippen molar-refractivity contribution >= 4 is 5.69 Å². The highest BCUT2D eigenvalue weighted by Crippen LogP contribution is 2.35. The molecule has 0 bridgehead atoms. The molecule has 2 rings (SSSR count). The molecule has 20 heavy (non-hydrogen) atoms. The molecule has 0 amide bonds. The molecule has 0 radical (unpaired) electrons. The van der Waals surface area contributed by atoms with Gasteiger partial charge in [0.15, 0.2) is 23.3 Å². The van der Waals surface area contributed by atoms with Crippen LogP contribution in [-0.4, -0.2) is 18.6 Å². The van der Waals surface area contributed by atoms with Crippen LogP contribution >= 0.6 is 0 Å². The first-order valence-corrected chi connectivity index (χ1v) is 6.31. The maximum atomic E-state index is 13.8. The van der Waals surface area contributed by atoms with Gasteiger partial charge in [0.2, 0.25) is 5.82 Å². The monoisotopic (exact) mass is 294 g/mol. The third-order valence-electron chi connectivity index (χ3n) is 4.11. The second-order valence-electron chi connectivity index (χ2n) is 5.16. The topological polar surface area (TPSA) is 29.3 Å². The smallest absolute Gasteiger partial charge is 0.200 e. The van der Waals surface area contributed by atoms with Crippen LogP contribution in [0.15, 0.2) is 0 Å². The van der Waals surface area contributed by atoms with E-state index in [4.69, 9.17) is 5.73 Å². The summed E-state index contributed by atoms with van der Waals surface area (Å²) in [5, 5.41) is 0. The van der Waals surface area contributed by atoms with Gasteiger partial charge in [0.05, 0.1) is 0 Å². The van der Waals surface area contributed by atoms with Crippen LogP contribution in [0.5, 0.6) is 0 Å². The molecule has 0 saturated carbocycles. The summed E-state index contributed by atoms with van der Waals surface area (Å²) in [6.07, 6.45) is 0.422. The molecule has 1 fully saturated rings. The molecule has 1 aliphatic rings. The molecule has 1 aliphatic heterocycles. The summed E-state index contributed by atoms with van der Waals surface area (Å²) in [5.74, 6) is -9.70. The first-order chi connectivity index (χ1) is 9.27. The Bertz CT molecular complexity index is 505. The van der Waals surface area contributed by atoms with Crippen LogP contribution in [0.2, 0.25) is 0 Å². The van der Waals surface area contributed by atoms with E-state index in [-0.39, 0.29) is 18.5 Å². The van der Waals surface area contributed by atoms with Crippen molar-refractivity contribution in [3.05, 3.63) is 29.1 Å². The van der Waals surface area contributed by atoms with Crippen LogP contribution in [0.25, 0.3) is 0 Å². The fourth-order valence-electron chi connectivity index (χ4n) is 2.56. The number of piperidine rings is 1. The molecule has 0 aliphatic carbocycles. The molecule has 1 aromatic carbocycles. The van der Waals surface area contributed by atoms with Crippen molar-refractivity contribution in [3.8, 4) is 0 Å². The average Bonchev–Trinajstić information content (AvgIpc) is 2.43. The van der Waals surface area contributed by atoms with Crippen molar-refractivity contribution in [1.82, 2.24) is 0 Å². The van der Waals surface area contributed by atoms with E-state index in [1.54, 1.807) is 13.8 Å². The molecule has 1 heterocycles. The third kappa shape index (κ3) is 2.13. The Morgan fingerprint density at radius 1 is 0.900 bits per heavy atom. The predicted octanol–water partition coefficient (Wildman–Crippen LogP) is 2.94. The number of halogens is 5. The summed E-state index contributed by atoms with van der Waals surface area (Å²) in [4.78, 5) is 1.20. The van der Waals surface area contributed by atoms with Crippen LogP contribution in [0.4, 0.5) is 27.6 Å². The molecule has 0 spiro atoms. The summed E-state index contributed by atoms with van der Waals surface area (Å²) in [6.45, 7) is 3.58. The third-order valence-corrected chi connectivity index (χ3v) is 4.11. The molecule has 0 aromatic heterocycles. The van der Waals surface area contributed by atoms with Crippen LogP contribution in [0.3, 0.4) is 0 Å². The summed E-state index contributed by atoms with van der Waals surface area (Å²) < 4.78 is 67.1. The molecule has 1 saturated heterocycles. The lowest BCUT2D eigenvalue weighted by Gasteiger charge is -2.42. The van der Waals surface area contributed by atoms with Gasteiger partial charge in [-0.25, -0.2) is 22.0 Å². The van der Waals surface area contributed by atoms with Crippen LogP contribution in [0.1, 0.15) is 20.3 Å². The molecule has 2 nitrogen and oxygen atoms in total. The van der Waals surface area contributed by atoms with E-state index in [9.17, 15) is 22.0 Å². The molecule has 3 atom stereocenters. The second kappa shape index (κ2) is 5.20. The van der Waals surface area contributed by atoms with E-state index in [0.717, 1.165) is 0 Å². The maximum absolute atomic E-state index is 13.8. The average molecular weight is 294 g/mol. The highest BCUT2D eigenvalue weighted by atomic mass is 19.2. The van der Waals surface area contributed by atoms with Gasteiger partial charge in [-0.15, -0.1) is 0 Å². The maximum Gasteiger partial charge on any atom is 0.200 e. The highest BCUT2D eigenvalue weighted by molar-refractivity contribution is 5.52. The molecule has 3 unspecified atom stereocenters. The summed E-state index contributed by atoms with van der Waals surface area (Å²) in [7, 11) is 0. The van der Waals surface area contributed by atoms with Gasteiger partial charge in [-0.05, 0) is 19.3 Å². The SMILES string of the molecule is CC1C(N)CCN(c2c(F)c(F)c(F)c(F)c2F)C1C. The van der Waals surface area contributed by atoms with Crippen LogP contribution < -0.4 is 10.6 Å². The van der Waals surface area contributed by atoms with Gasteiger partial charge in [-0.1, -0.05) is 6.92 Å². The fraction of sp³-hybridized carbons (Fsp3) is 0.538. The second-order valence-corrected chi connectivity index (χ2v) is 5.16. The zero-order valence-corrected chi connectivity index (χ0v) is 11.1. The highest BCUT2D eigenvalue weighted by Gasteiger charge is 2.36. The lowest BCUT2D eigenvalue weighted by molar-refractivity contribution is 0.305. The van der Waals surface area contributed by atoms with E-state index < -0.39 is 40.8 Å². The van der Waals surface area contributed by atoms with E-state index in [1.807, 2.05) is 0 Å². The number of nitrogens with zero attached hydrogens (tertiary/aromatic N) is 1. The first-order valence-electron chi connectivity index (χ1n) is 6.31. The van der Waals surface area contributed by atoms with E-state index in [2.05, 4.69) is 0 Å². The van der Waals surface area contributed by atoms with E-state index in [1.165, 1.54) is 4.90 Å². The number of anilines is 1. The Hall–Kier alpha value is -1.37. The van der Waals surface area contributed by atoms with Crippen molar-refractivity contribution in [1.29, 1.82) is 0 Å². The molecular formula is C13H15F5N2. The zero-order valence-electron chi connectivity index (χ0n) is 11.1. The number of hydrogen-bond acceptors (Lipinski definition) is 2. The van der Waals surface area contributed by atoms with Gasteiger partial charge in [-0.2, -0.15) is 0 Å². The first kappa shape index (κ1) is 15.0. The molecular weight excluding hydrogens is 279 g/mol. The standard InChI is InChI=1S/C13H15F5N2/c1-5-6(2)20(4-3-7(5)19)13-11(17)9(15)8(14)10(16)12(13)18/h5-7H,3-4,19H2,1-2H3. The minimum Gasteiger partial charge on any atom is -0.364 e. The fourth-order valence-corrected chi connectivity index (χ4v) is 2.56. The molecule has 7 heteroatoms. The minimum atomic E-state index is -2.14. The quantitative estimate of drug-likeness (QED) is 0.490. The van der Waals surface area contributed by atoms with Gasteiger partial charge < -0.3 is 10.6 Å². The molecule has 1 aromatic rings. The minimum absolute atomic E-state index is 0.126. The largest absolute Gasteiger partial charge is 0.364 e. The van der Waals surface area contributed by atoms with Crippen LogP contribution in [0, 0.1) is 35.0 Å². The number of rotatable bonds is 1. The predicted molar refractivity (Wildman–Crippen MR) is 64.8 cm³/mol. The number of hydrogen-bond donors (Lipinski definition) is 1. The number of benzene rings is 1. The normalized spacial score (nSPS) is 27.0. The molecule has 2 N–H and O–H groups in total. The van der Waals surface area contributed by atoms with Gasteiger partial charge in [0, 0.05) is 18.6 Å². The Morgan fingerprint density at radius 3 is 1.85 bits per heavy atom. The van der Waals surface area contributed by atoms with Crippen molar-refractivity contribution in [3.63, 3.8) is 0 Å². The van der Waals surface area contributed by atoms with E-state index >= 15 is 0 Å². The van der Waals surface area contributed by atoms with Crippen molar-refractivity contribution in [2.45, 2.75) is 32.4 Å². The van der Waals surface area contributed by atoms with Crippen molar-refractivity contribution < 1.29 is 22.0 Å². The van der Waals surface area contributed by atoms with Gasteiger partial charge in [-0.3, -0.25) is 0 Å². The van der Waals surface area contributed by atoms with Crippen LogP contribution in [-0.2, 0) is 0 Å². The van der Waals surface area contributed by atoms with E-state index in [0.29, 0.717) is 6.42 Å². The Balaban J connectivity index is 2.53. The zero-order chi connectivity index (χ0) is 15.2. The Labute approximate surface area is 113 Å². The summed E-state index contributed by atoms with van der Waals surface area (Å²) >= 11 is 0. The Kier molecular flexibility index (Phi) is 3.90. The van der Waals surface area contributed by atoms with Gasteiger partial charge in [0.25, 0.3) is 0 Å².